The second-order valence-electron chi connectivity index (χ2n) is 3.80. The Morgan fingerprint density at radius 2 is 2.47 bits per heavy atom. The van der Waals surface area contributed by atoms with Gasteiger partial charge in [0, 0.05) is 13.1 Å². The van der Waals surface area contributed by atoms with Crippen molar-refractivity contribution in [1.82, 2.24) is 15.1 Å². The number of aliphatic hydroxyl groups is 1. The van der Waals surface area contributed by atoms with E-state index in [1.807, 2.05) is 0 Å². The third-order valence-corrected chi connectivity index (χ3v) is 2.65. The molecule has 1 atom stereocenters. The first-order valence-corrected chi connectivity index (χ1v) is 4.87. The lowest BCUT2D eigenvalue weighted by atomic mass is 10.3. The predicted molar refractivity (Wildman–Crippen MR) is 54.3 cm³/mol. The first-order chi connectivity index (χ1) is 7.09. The van der Waals surface area contributed by atoms with Crippen LogP contribution in [-0.2, 0) is 0 Å². The summed E-state index contributed by atoms with van der Waals surface area (Å²) in [6.45, 7) is 2.69. The number of aromatic nitrogens is 2. The number of nitrogens with two attached hydrogens (primary N) is 1. The minimum absolute atomic E-state index is 0.214. The summed E-state index contributed by atoms with van der Waals surface area (Å²) in [7, 11) is 0. The number of likely N-dealkylation sites (tertiary alicyclic amines) is 1. The number of nitrogen functional groups attached to an aromatic ring is 1. The number of anilines is 1. The van der Waals surface area contributed by atoms with E-state index in [0.29, 0.717) is 30.9 Å². The Morgan fingerprint density at radius 3 is 2.93 bits per heavy atom. The molecular weight excluding hydrogens is 196 g/mol. The highest BCUT2D eigenvalue weighted by Crippen LogP contribution is 2.18. The van der Waals surface area contributed by atoms with Crippen LogP contribution in [0.1, 0.15) is 22.6 Å². The lowest BCUT2D eigenvalue weighted by molar-refractivity contribution is 0.0760. The number of rotatable bonds is 1. The van der Waals surface area contributed by atoms with Crippen molar-refractivity contribution in [2.24, 2.45) is 0 Å². The minimum atomic E-state index is -0.421. The average molecular weight is 210 g/mol. The lowest BCUT2D eigenvalue weighted by Crippen LogP contribution is -2.30. The van der Waals surface area contributed by atoms with Crippen molar-refractivity contribution in [3.05, 3.63) is 11.4 Å². The minimum Gasteiger partial charge on any atom is -0.395 e. The molecule has 1 aromatic heterocycles. The molecular formula is C9H14N4O2. The molecule has 6 heteroatoms. The third kappa shape index (κ3) is 1.68. The maximum Gasteiger partial charge on any atom is 0.276 e. The summed E-state index contributed by atoms with van der Waals surface area (Å²) < 4.78 is 0. The van der Waals surface area contributed by atoms with Gasteiger partial charge in [0.05, 0.1) is 17.5 Å². The van der Waals surface area contributed by atoms with Crippen LogP contribution in [0.2, 0.25) is 0 Å². The van der Waals surface area contributed by atoms with Crippen molar-refractivity contribution in [3.8, 4) is 0 Å². The standard InChI is InChI=1S/C9H14N4O2/c1-5-7(10)8(12-11-5)9(15)13-3-2-6(14)4-13/h6,14H,2-4,10H2,1H3,(H,11,12)/t6-/m0/s1. The van der Waals surface area contributed by atoms with Crippen molar-refractivity contribution in [2.75, 3.05) is 18.8 Å². The molecule has 2 rings (SSSR count). The van der Waals surface area contributed by atoms with Gasteiger partial charge in [-0.1, -0.05) is 0 Å². The van der Waals surface area contributed by atoms with Crippen LogP contribution in [0.4, 0.5) is 5.69 Å². The van der Waals surface area contributed by atoms with Gasteiger partial charge in [-0.05, 0) is 13.3 Å². The van der Waals surface area contributed by atoms with E-state index in [4.69, 9.17) is 5.73 Å². The van der Waals surface area contributed by atoms with Crippen molar-refractivity contribution in [1.29, 1.82) is 0 Å². The van der Waals surface area contributed by atoms with Gasteiger partial charge in [0.25, 0.3) is 5.91 Å². The van der Waals surface area contributed by atoms with E-state index in [1.54, 1.807) is 11.8 Å². The summed E-state index contributed by atoms with van der Waals surface area (Å²) >= 11 is 0. The maximum absolute atomic E-state index is 11.9. The van der Waals surface area contributed by atoms with Crippen LogP contribution < -0.4 is 5.73 Å². The Morgan fingerprint density at radius 1 is 1.73 bits per heavy atom. The molecule has 1 saturated heterocycles. The maximum atomic E-state index is 11.9. The molecule has 6 nitrogen and oxygen atoms in total. The average Bonchev–Trinajstić information content (AvgIpc) is 2.75. The summed E-state index contributed by atoms with van der Waals surface area (Å²) in [6, 6.07) is 0. The number of amides is 1. The van der Waals surface area contributed by atoms with E-state index < -0.39 is 6.10 Å². The molecule has 0 unspecified atom stereocenters. The monoisotopic (exact) mass is 210 g/mol. The highest BCUT2D eigenvalue weighted by Gasteiger charge is 2.28. The summed E-state index contributed by atoms with van der Waals surface area (Å²) in [6.07, 6.45) is 0.199. The first kappa shape index (κ1) is 9.97. The Labute approximate surface area is 87.1 Å². The van der Waals surface area contributed by atoms with Gasteiger partial charge in [0.15, 0.2) is 5.69 Å². The molecule has 0 radical (unpaired) electrons. The fraction of sp³-hybridized carbons (Fsp3) is 0.556. The van der Waals surface area contributed by atoms with Crippen molar-refractivity contribution in [3.63, 3.8) is 0 Å². The van der Waals surface area contributed by atoms with Crippen LogP contribution in [0.3, 0.4) is 0 Å². The Balaban J connectivity index is 2.18. The zero-order chi connectivity index (χ0) is 11.0. The molecule has 0 saturated carbocycles. The van der Waals surface area contributed by atoms with E-state index in [1.165, 1.54) is 0 Å². The topological polar surface area (TPSA) is 95.2 Å². The van der Waals surface area contributed by atoms with Crippen LogP contribution in [0.5, 0.6) is 0 Å². The van der Waals surface area contributed by atoms with Gasteiger partial charge in [-0.3, -0.25) is 9.89 Å². The van der Waals surface area contributed by atoms with Crippen LogP contribution in [0.25, 0.3) is 0 Å². The SMILES string of the molecule is Cc1[nH]nc(C(=O)N2CC[C@H](O)C2)c1N. The molecule has 0 aromatic carbocycles. The molecule has 82 valence electrons. The highest BCUT2D eigenvalue weighted by molar-refractivity contribution is 5.97. The number of aryl methyl sites for hydroxylation is 1. The van der Waals surface area contributed by atoms with Crippen LogP contribution in [0.15, 0.2) is 0 Å². The molecule has 1 fully saturated rings. The van der Waals surface area contributed by atoms with Gasteiger partial charge in [-0.2, -0.15) is 5.10 Å². The van der Waals surface area contributed by atoms with Gasteiger partial charge >= 0.3 is 0 Å². The zero-order valence-electron chi connectivity index (χ0n) is 8.53. The number of β-amino-alcohol motifs (C(OH)–C–C–N with tert-alkyl or cyclic N) is 1. The smallest absolute Gasteiger partial charge is 0.276 e. The summed E-state index contributed by atoms with van der Waals surface area (Å²) in [5, 5.41) is 15.8. The fourth-order valence-corrected chi connectivity index (χ4v) is 1.68. The fourth-order valence-electron chi connectivity index (χ4n) is 1.68. The van der Waals surface area contributed by atoms with Gasteiger partial charge < -0.3 is 15.7 Å². The van der Waals surface area contributed by atoms with Crippen LogP contribution in [0, 0.1) is 6.92 Å². The van der Waals surface area contributed by atoms with Crippen molar-refractivity contribution < 1.29 is 9.90 Å². The number of aromatic amines is 1. The molecule has 15 heavy (non-hydrogen) atoms. The second-order valence-corrected chi connectivity index (χ2v) is 3.80. The number of carbonyl (C=O) groups excluding carboxylic acids is 1. The van der Waals surface area contributed by atoms with Crippen molar-refractivity contribution in [2.45, 2.75) is 19.4 Å². The number of nitrogens with one attached hydrogen (secondary N) is 1. The number of nitrogens with zero attached hydrogens (tertiary/aromatic N) is 2. The van der Waals surface area contributed by atoms with Gasteiger partial charge in [-0.25, -0.2) is 0 Å². The van der Waals surface area contributed by atoms with Crippen LogP contribution in [-0.4, -0.2) is 45.3 Å². The van der Waals surface area contributed by atoms with E-state index in [0.717, 1.165) is 0 Å². The Hall–Kier alpha value is -1.56. The van der Waals surface area contributed by atoms with Crippen molar-refractivity contribution >= 4 is 11.6 Å². The molecule has 1 aliphatic rings. The quantitative estimate of drug-likeness (QED) is 0.582. The Bertz CT molecular complexity index is 387. The van der Waals surface area contributed by atoms with E-state index >= 15 is 0 Å². The van der Waals surface area contributed by atoms with Crippen LogP contribution >= 0.6 is 0 Å². The predicted octanol–water partition coefficient (Wildman–Crippen LogP) is -0.493. The summed E-state index contributed by atoms with van der Waals surface area (Å²) in [5.41, 5.74) is 7.04. The first-order valence-electron chi connectivity index (χ1n) is 4.87. The van der Waals surface area contributed by atoms with Gasteiger partial charge in [-0.15, -0.1) is 0 Å². The number of aliphatic hydroxyl groups excluding tert-OH is 1. The third-order valence-electron chi connectivity index (χ3n) is 2.65. The molecule has 1 aliphatic heterocycles. The zero-order valence-corrected chi connectivity index (χ0v) is 8.53. The lowest BCUT2D eigenvalue weighted by Gasteiger charge is -2.13. The highest BCUT2D eigenvalue weighted by atomic mass is 16.3. The summed E-state index contributed by atoms with van der Waals surface area (Å²) in [5.74, 6) is -0.214. The molecule has 0 spiro atoms. The van der Waals surface area contributed by atoms with Gasteiger partial charge in [0.1, 0.15) is 0 Å². The molecule has 0 aliphatic carbocycles. The van der Waals surface area contributed by atoms with Gasteiger partial charge in [0.2, 0.25) is 0 Å². The number of hydrogen-bond acceptors (Lipinski definition) is 4. The normalized spacial score (nSPS) is 20.9. The molecule has 4 N–H and O–H groups in total. The Kier molecular flexibility index (Phi) is 2.36. The van der Waals surface area contributed by atoms with E-state index in [-0.39, 0.29) is 11.6 Å². The van der Waals surface area contributed by atoms with E-state index in [2.05, 4.69) is 10.2 Å². The number of H-pyrrole nitrogens is 1. The molecule has 0 bridgehead atoms. The molecule has 1 aromatic rings. The summed E-state index contributed by atoms with van der Waals surface area (Å²) in [4.78, 5) is 13.4. The largest absolute Gasteiger partial charge is 0.395 e. The number of hydrogen-bond donors (Lipinski definition) is 3. The number of carbonyl (C=O) groups is 1. The molecule has 1 amide bonds. The second kappa shape index (κ2) is 3.54. The molecule has 2 heterocycles. The van der Waals surface area contributed by atoms with E-state index in [9.17, 15) is 9.90 Å².